The Morgan fingerprint density at radius 2 is 1.62 bits per heavy atom. The molecule has 1 unspecified atom stereocenters. The predicted octanol–water partition coefficient (Wildman–Crippen LogP) is 0.323. The van der Waals surface area contributed by atoms with Crippen LogP contribution in [0.15, 0.2) is 12.1 Å². The predicted molar refractivity (Wildman–Crippen MR) is 57.0 cm³/mol. The highest BCUT2D eigenvalue weighted by Gasteiger charge is 2.05. The summed E-state index contributed by atoms with van der Waals surface area (Å²) in [6, 6.07) is 3.53. The summed E-state index contributed by atoms with van der Waals surface area (Å²) in [4.78, 5) is 0. The second kappa shape index (κ2) is 3.53. The highest BCUT2D eigenvalue weighted by Crippen LogP contribution is 2.23. The van der Waals surface area contributed by atoms with Gasteiger partial charge < -0.3 is 22.9 Å². The van der Waals surface area contributed by atoms with E-state index in [4.69, 9.17) is 22.9 Å². The smallest absolute Gasteiger partial charge is 0.0568 e. The fourth-order valence-electron chi connectivity index (χ4n) is 1.22. The molecule has 4 heteroatoms. The molecular weight excluding hydrogens is 164 g/mol. The van der Waals surface area contributed by atoms with Crippen molar-refractivity contribution < 1.29 is 0 Å². The number of rotatable bonds is 2. The van der Waals surface area contributed by atoms with Crippen molar-refractivity contribution in [3.05, 3.63) is 17.7 Å². The van der Waals surface area contributed by atoms with E-state index >= 15 is 0 Å². The van der Waals surface area contributed by atoms with Crippen LogP contribution >= 0.6 is 0 Å². The molecule has 0 aromatic heterocycles. The summed E-state index contributed by atoms with van der Waals surface area (Å²) in [6.07, 6.45) is 0.719. The lowest BCUT2D eigenvalue weighted by Crippen LogP contribution is -2.18. The number of nitrogen functional groups attached to an aromatic ring is 3. The summed E-state index contributed by atoms with van der Waals surface area (Å²) in [7, 11) is 0. The fourth-order valence-corrected chi connectivity index (χ4v) is 1.22. The summed E-state index contributed by atoms with van der Waals surface area (Å²) < 4.78 is 0. The second-order valence-corrected chi connectivity index (χ2v) is 3.36. The zero-order chi connectivity index (χ0) is 10.0. The summed E-state index contributed by atoms with van der Waals surface area (Å²) in [5.41, 5.74) is 25.3. The molecule has 0 saturated heterocycles. The van der Waals surface area contributed by atoms with E-state index in [0.29, 0.717) is 17.1 Å². The summed E-state index contributed by atoms with van der Waals surface area (Å²) in [6.45, 7) is 1.92. The Kier molecular flexibility index (Phi) is 2.63. The molecule has 4 nitrogen and oxygen atoms in total. The van der Waals surface area contributed by atoms with Gasteiger partial charge in [-0.3, -0.25) is 0 Å². The number of anilines is 3. The van der Waals surface area contributed by atoms with Crippen LogP contribution in [0.4, 0.5) is 17.1 Å². The number of benzene rings is 1. The minimum atomic E-state index is 0.0744. The van der Waals surface area contributed by atoms with Gasteiger partial charge in [-0.2, -0.15) is 0 Å². The van der Waals surface area contributed by atoms with Crippen LogP contribution in [0.2, 0.25) is 0 Å². The van der Waals surface area contributed by atoms with Crippen LogP contribution in [0.1, 0.15) is 12.5 Å². The Balaban J connectivity index is 3.01. The minimum Gasteiger partial charge on any atom is -0.398 e. The van der Waals surface area contributed by atoms with Crippen LogP contribution < -0.4 is 22.9 Å². The molecule has 0 bridgehead atoms. The van der Waals surface area contributed by atoms with Crippen LogP contribution in [0.3, 0.4) is 0 Å². The van der Waals surface area contributed by atoms with E-state index in [1.807, 2.05) is 6.92 Å². The molecule has 0 aliphatic heterocycles. The van der Waals surface area contributed by atoms with Crippen molar-refractivity contribution in [3.8, 4) is 0 Å². The zero-order valence-electron chi connectivity index (χ0n) is 7.75. The average Bonchev–Trinajstić information content (AvgIpc) is 1.99. The standard InChI is InChI=1S/C9H16N4/c1-5(10)2-6-3-8(12)9(13)4-7(6)11/h3-5H,2,10-13H2,1H3. The van der Waals surface area contributed by atoms with Crippen molar-refractivity contribution in [2.24, 2.45) is 5.73 Å². The maximum atomic E-state index is 5.75. The molecular formula is C9H16N4. The molecule has 0 aliphatic rings. The van der Waals surface area contributed by atoms with E-state index in [1.165, 1.54) is 0 Å². The molecule has 0 amide bonds. The lowest BCUT2D eigenvalue weighted by Gasteiger charge is -2.10. The second-order valence-electron chi connectivity index (χ2n) is 3.36. The van der Waals surface area contributed by atoms with Crippen molar-refractivity contribution in [3.63, 3.8) is 0 Å². The van der Waals surface area contributed by atoms with Gasteiger partial charge in [0.1, 0.15) is 0 Å². The van der Waals surface area contributed by atoms with Gasteiger partial charge in [0, 0.05) is 11.7 Å². The van der Waals surface area contributed by atoms with Gasteiger partial charge >= 0.3 is 0 Å². The van der Waals surface area contributed by atoms with Crippen LogP contribution in [0, 0.1) is 0 Å². The molecule has 0 heterocycles. The highest BCUT2D eigenvalue weighted by atomic mass is 14.7. The third-order valence-electron chi connectivity index (χ3n) is 1.89. The Labute approximate surface area is 77.9 Å². The fraction of sp³-hybridized carbons (Fsp3) is 0.333. The van der Waals surface area contributed by atoms with Crippen LogP contribution in [0.25, 0.3) is 0 Å². The van der Waals surface area contributed by atoms with Gasteiger partial charge in [-0.05, 0) is 31.0 Å². The Morgan fingerprint density at radius 1 is 1.08 bits per heavy atom. The maximum absolute atomic E-state index is 5.75. The van der Waals surface area contributed by atoms with Gasteiger partial charge in [-0.25, -0.2) is 0 Å². The Bertz CT molecular complexity index is 307. The normalized spacial score (nSPS) is 12.8. The van der Waals surface area contributed by atoms with Gasteiger partial charge in [-0.15, -0.1) is 0 Å². The number of hydrogen-bond acceptors (Lipinski definition) is 4. The molecule has 1 aromatic carbocycles. The SMILES string of the molecule is CC(N)Cc1cc(N)c(N)cc1N. The first kappa shape index (κ1) is 9.67. The van der Waals surface area contributed by atoms with E-state index in [9.17, 15) is 0 Å². The molecule has 8 N–H and O–H groups in total. The first-order valence-corrected chi connectivity index (χ1v) is 4.19. The van der Waals surface area contributed by atoms with E-state index in [2.05, 4.69) is 0 Å². The van der Waals surface area contributed by atoms with Crippen LogP contribution in [0.5, 0.6) is 0 Å². The molecule has 13 heavy (non-hydrogen) atoms. The molecule has 72 valence electrons. The lowest BCUT2D eigenvalue weighted by atomic mass is 10.0. The lowest BCUT2D eigenvalue weighted by molar-refractivity contribution is 0.740. The molecule has 1 aromatic rings. The first-order chi connectivity index (χ1) is 6.00. The van der Waals surface area contributed by atoms with Crippen LogP contribution in [-0.2, 0) is 6.42 Å². The zero-order valence-corrected chi connectivity index (χ0v) is 7.75. The third-order valence-corrected chi connectivity index (χ3v) is 1.89. The first-order valence-electron chi connectivity index (χ1n) is 4.19. The molecule has 0 fully saturated rings. The minimum absolute atomic E-state index is 0.0744. The van der Waals surface area contributed by atoms with Crippen LogP contribution in [-0.4, -0.2) is 6.04 Å². The molecule has 0 aliphatic carbocycles. The van der Waals surface area contributed by atoms with Crippen molar-refractivity contribution >= 4 is 17.1 Å². The van der Waals surface area contributed by atoms with E-state index in [0.717, 1.165) is 12.0 Å². The van der Waals surface area contributed by atoms with E-state index in [1.54, 1.807) is 12.1 Å². The highest BCUT2D eigenvalue weighted by molar-refractivity contribution is 5.71. The average molecular weight is 180 g/mol. The molecule has 1 atom stereocenters. The monoisotopic (exact) mass is 180 g/mol. The number of nitrogens with two attached hydrogens (primary N) is 4. The van der Waals surface area contributed by atoms with Gasteiger partial charge in [-0.1, -0.05) is 0 Å². The largest absolute Gasteiger partial charge is 0.398 e. The van der Waals surface area contributed by atoms with Crippen molar-refractivity contribution in [2.45, 2.75) is 19.4 Å². The molecule has 0 saturated carbocycles. The van der Waals surface area contributed by atoms with Crippen molar-refractivity contribution in [1.82, 2.24) is 0 Å². The number of hydrogen-bond donors (Lipinski definition) is 4. The summed E-state index contributed by atoms with van der Waals surface area (Å²) >= 11 is 0. The molecule has 0 radical (unpaired) electrons. The van der Waals surface area contributed by atoms with Crippen molar-refractivity contribution in [1.29, 1.82) is 0 Å². The van der Waals surface area contributed by atoms with Gasteiger partial charge in [0.15, 0.2) is 0 Å². The molecule has 0 spiro atoms. The molecule has 1 rings (SSSR count). The summed E-state index contributed by atoms with van der Waals surface area (Å²) in [5, 5.41) is 0. The van der Waals surface area contributed by atoms with Gasteiger partial charge in [0.2, 0.25) is 0 Å². The topological polar surface area (TPSA) is 104 Å². The summed E-state index contributed by atoms with van der Waals surface area (Å²) in [5.74, 6) is 0. The Morgan fingerprint density at radius 3 is 2.15 bits per heavy atom. The van der Waals surface area contributed by atoms with Gasteiger partial charge in [0.05, 0.1) is 11.4 Å². The van der Waals surface area contributed by atoms with E-state index < -0.39 is 0 Å². The quantitative estimate of drug-likeness (QED) is 0.492. The van der Waals surface area contributed by atoms with E-state index in [-0.39, 0.29) is 6.04 Å². The van der Waals surface area contributed by atoms with Crippen molar-refractivity contribution in [2.75, 3.05) is 17.2 Å². The van der Waals surface area contributed by atoms with Gasteiger partial charge in [0.25, 0.3) is 0 Å². The maximum Gasteiger partial charge on any atom is 0.0568 e. The Hall–Kier alpha value is -1.42. The third kappa shape index (κ3) is 2.26.